The summed E-state index contributed by atoms with van der Waals surface area (Å²) in [4.78, 5) is 6.76. The molecule has 1 saturated heterocycles. The molecule has 0 spiro atoms. The van der Waals surface area contributed by atoms with Crippen molar-refractivity contribution in [1.29, 1.82) is 0 Å². The zero-order valence-corrected chi connectivity index (χ0v) is 15.9. The lowest BCUT2D eigenvalue weighted by Crippen LogP contribution is -2.31. The fourth-order valence-corrected chi connectivity index (χ4v) is 4.03. The quantitative estimate of drug-likeness (QED) is 0.707. The molecule has 0 bridgehead atoms. The summed E-state index contributed by atoms with van der Waals surface area (Å²) < 4.78 is 18.8. The van der Waals surface area contributed by atoms with Crippen molar-refractivity contribution in [2.24, 2.45) is 0 Å². The topological polar surface area (TPSA) is 38.9 Å². The summed E-state index contributed by atoms with van der Waals surface area (Å²) in [7, 11) is 2.16. The van der Waals surface area contributed by atoms with Gasteiger partial charge in [-0.2, -0.15) is 5.10 Å². The van der Waals surface area contributed by atoms with Gasteiger partial charge in [-0.1, -0.05) is 0 Å². The number of rotatable bonds is 3. The van der Waals surface area contributed by atoms with E-state index in [1.165, 1.54) is 0 Å². The number of fused-ring (bicyclic) bond motifs is 1. The van der Waals surface area contributed by atoms with Gasteiger partial charge in [0, 0.05) is 17.8 Å². The second kappa shape index (κ2) is 6.50. The minimum absolute atomic E-state index is 0.233. The zero-order valence-electron chi connectivity index (χ0n) is 15.9. The fraction of sp³-hybridized carbons (Fsp3) is 0.500. The molecule has 0 radical (unpaired) electrons. The fourth-order valence-electron chi connectivity index (χ4n) is 4.03. The molecule has 0 aliphatic carbocycles. The van der Waals surface area contributed by atoms with E-state index in [0.717, 1.165) is 48.4 Å². The van der Waals surface area contributed by atoms with E-state index in [1.807, 2.05) is 19.2 Å². The van der Waals surface area contributed by atoms with Crippen molar-refractivity contribution in [3.8, 4) is 11.1 Å². The van der Waals surface area contributed by atoms with E-state index in [1.54, 1.807) is 6.07 Å². The number of hydrogen-bond donors (Lipinski definition) is 0. The lowest BCUT2D eigenvalue weighted by molar-refractivity contribution is 0.212. The Morgan fingerprint density at radius 1 is 1.15 bits per heavy atom. The first-order valence-electron chi connectivity index (χ1n) is 9.35. The summed E-state index contributed by atoms with van der Waals surface area (Å²) in [6, 6.07) is 4.28. The van der Waals surface area contributed by atoms with E-state index in [2.05, 4.69) is 51.3 Å². The Hall–Kier alpha value is -2.21. The Labute approximate surface area is 153 Å². The molecular formula is C20H26FN5. The minimum Gasteiger partial charge on any atom is -0.326 e. The normalized spacial score (nSPS) is 16.8. The van der Waals surface area contributed by atoms with Gasteiger partial charge < -0.3 is 9.47 Å². The van der Waals surface area contributed by atoms with Gasteiger partial charge in [0.25, 0.3) is 0 Å². The average molecular weight is 355 g/mol. The molecular weight excluding hydrogens is 329 g/mol. The van der Waals surface area contributed by atoms with Gasteiger partial charge >= 0.3 is 0 Å². The van der Waals surface area contributed by atoms with E-state index in [9.17, 15) is 4.39 Å². The molecule has 3 aromatic rings. The summed E-state index contributed by atoms with van der Waals surface area (Å²) in [5, 5.41) is 4.57. The Balaban J connectivity index is 1.72. The number of hydrogen-bond acceptors (Lipinski definition) is 3. The third-order valence-electron chi connectivity index (χ3n) is 5.44. The maximum Gasteiger partial charge on any atom is 0.151 e. The molecule has 0 amide bonds. The van der Waals surface area contributed by atoms with Crippen LogP contribution in [0, 0.1) is 12.7 Å². The monoisotopic (exact) mass is 355 g/mol. The Morgan fingerprint density at radius 3 is 2.58 bits per heavy atom. The molecule has 2 aromatic heterocycles. The molecule has 3 heterocycles. The van der Waals surface area contributed by atoms with Crippen molar-refractivity contribution in [3.63, 3.8) is 0 Å². The number of halogens is 1. The van der Waals surface area contributed by atoms with E-state index in [0.29, 0.717) is 11.6 Å². The van der Waals surface area contributed by atoms with Gasteiger partial charge in [0.2, 0.25) is 0 Å². The highest BCUT2D eigenvalue weighted by Gasteiger charge is 2.20. The number of nitrogens with zero attached hydrogens (tertiary/aromatic N) is 5. The van der Waals surface area contributed by atoms with Gasteiger partial charge in [-0.25, -0.2) is 9.37 Å². The van der Waals surface area contributed by atoms with Crippen molar-refractivity contribution >= 4 is 11.0 Å². The van der Waals surface area contributed by atoms with Crippen molar-refractivity contribution in [2.75, 3.05) is 20.1 Å². The van der Waals surface area contributed by atoms with Crippen molar-refractivity contribution in [2.45, 2.75) is 45.7 Å². The van der Waals surface area contributed by atoms with E-state index < -0.39 is 0 Å². The van der Waals surface area contributed by atoms with Crippen LogP contribution in [-0.4, -0.2) is 44.4 Å². The number of piperidine rings is 1. The van der Waals surface area contributed by atoms with Crippen LogP contribution >= 0.6 is 0 Å². The van der Waals surface area contributed by atoms with E-state index in [4.69, 9.17) is 0 Å². The molecule has 1 fully saturated rings. The van der Waals surface area contributed by atoms with Crippen LogP contribution in [0.4, 0.5) is 4.39 Å². The molecule has 1 aliphatic rings. The summed E-state index contributed by atoms with van der Waals surface area (Å²) >= 11 is 0. The first-order chi connectivity index (χ1) is 12.4. The minimum atomic E-state index is -0.271. The van der Waals surface area contributed by atoms with Gasteiger partial charge in [0.15, 0.2) is 5.82 Å². The standard InChI is InChI=1S/C20H26FN5/c1-13(2)26-14(3)23-20-18(21)9-15(10-19(20)26)16-11-22-25(12-16)17-5-7-24(4)8-6-17/h9-13,17H,5-8H2,1-4H3. The highest BCUT2D eigenvalue weighted by molar-refractivity contribution is 5.83. The zero-order chi connectivity index (χ0) is 18.4. The van der Waals surface area contributed by atoms with E-state index in [-0.39, 0.29) is 11.9 Å². The van der Waals surface area contributed by atoms with Crippen LogP contribution in [0.1, 0.15) is 44.6 Å². The maximum atomic E-state index is 14.7. The van der Waals surface area contributed by atoms with Crippen LogP contribution in [-0.2, 0) is 0 Å². The van der Waals surface area contributed by atoms with Crippen LogP contribution in [0.3, 0.4) is 0 Å². The number of likely N-dealkylation sites (tertiary alicyclic amines) is 1. The van der Waals surface area contributed by atoms with Crippen LogP contribution in [0.15, 0.2) is 24.5 Å². The molecule has 1 aromatic carbocycles. The lowest BCUT2D eigenvalue weighted by Gasteiger charge is -2.28. The number of aromatic nitrogens is 4. The molecule has 6 heteroatoms. The largest absolute Gasteiger partial charge is 0.326 e. The third-order valence-corrected chi connectivity index (χ3v) is 5.44. The number of imidazole rings is 1. The smallest absolute Gasteiger partial charge is 0.151 e. The SMILES string of the molecule is Cc1nc2c(F)cc(-c3cnn(C4CCN(C)CC4)c3)cc2n1C(C)C. The predicted octanol–water partition coefficient (Wildman–Crippen LogP) is 4.19. The van der Waals surface area contributed by atoms with Gasteiger partial charge in [0.1, 0.15) is 11.3 Å². The second-order valence-electron chi connectivity index (χ2n) is 7.69. The number of aryl methyl sites for hydroxylation is 1. The summed E-state index contributed by atoms with van der Waals surface area (Å²) in [6.45, 7) is 8.30. The summed E-state index contributed by atoms with van der Waals surface area (Å²) in [5.74, 6) is 0.570. The van der Waals surface area contributed by atoms with Crippen LogP contribution in [0.2, 0.25) is 0 Å². The van der Waals surface area contributed by atoms with E-state index >= 15 is 0 Å². The van der Waals surface area contributed by atoms with Crippen molar-refractivity contribution < 1.29 is 4.39 Å². The molecule has 5 nitrogen and oxygen atoms in total. The Morgan fingerprint density at radius 2 is 1.88 bits per heavy atom. The molecule has 138 valence electrons. The highest BCUT2D eigenvalue weighted by Crippen LogP contribution is 2.30. The Bertz CT molecular complexity index is 931. The second-order valence-corrected chi connectivity index (χ2v) is 7.69. The maximum absolute atomic E-state index is 14.7. The molecule has 0 saturated carbocycles. The Kier molecular flexibility index (Phi) is 4.31. The van der Waals surface area contributed by atoms with Gasteiger partial charge in [-0.3, -0.25) is 4.68 Å². The first kappa shape index (κ1) is 17.2. The van der Waals surface area contributed by atoms with Gasteiger partial charge in [0.05, 0.1) is 17.8 Å². The predicted molar refractivity (Wildman–Crippen MR) is 102 cm³/mol. The lowest BCUT2D eigenvalue weighted by atomic mass is 10.1. The van der Waals surface area contributed by atoms with Crippen LogP contribution < -0.4 is 0 Å². The first-order valence-corrected chi connectivity index (χ1v) is 9.35. The third kappa shape index (κ3) is 2.92. The highest BCUT2D eigenvalue weighted by atomic mass is 19.1. The molecule has 4 rings (SSSR count). The molecule has 26 heavy (non-hydrogen) atoms. The molecule has 0 unspecified atom stereocenters. The van der Waals surface area contributed by atoms with Crippen molar-refractivity contribution in [3.05, 3.63) is 36.2 Å². The molecule has 0 N–H and O–H groups in total. The van der Waals surface area contributed by atoms with Crippen LogP contribution in [0.25, 0.3) is 22.2 Å². The van der Waals surface area contributed by atoms with Gasteiger partial charge in [-0.05, 0) is 71.4 Å². The summed E-state index contributed by atoms with van der Waals surface area (Å²) in [6.07, 6.45) is 6.11. The van der Waals surface area contributed by atoms with Crippen molar-refractivity contribution in [1.82, 2.24) is 24.2 Å². The van der Waals surface area contributed by atoms with Gasteiger partial charge in [-0.15, -0.1) is 0 Å². The molecule has 0 atom stereocenters. The van der Waals surface area contributed by atoms with Crippen LogP contribution in [0.5, 0.6) is 0 Å². The molecule has 1 aliphatic heterocycles. The average Bonchev–Trinajstić information content (AvgIpc) is 3.20. The summed E-state index contributed by atoms with van der Waals surface area (Å²) in [5.41, 5.74) is 3.11. The number of benzene rings is 1.